The van der Waals surface area contributed by atoms with Gasteiger partial charge in [-0.05, 0) is 0 Å². The molecule has 0 aromatic heterocycles. The van der Waals surface area contributed by atoms with E-state index in [9.17, 15) is 14.0 Å². The number of carbonyl (C=O) groups excluding carboxylic acids is 1. The molecule has 0 spiro atoms. The summed E-state index contributed by atoms with van der Waals surface area (Å²) in [5.74, 6) is -1.29. The summed E-state index contributed by atoms with van der Waals surface area (Å²) in [5.41, 5.74) is -1.17. The van der Waals surface area contributed by atoms with Gasteiger partial charge >= 0.3 is 12.1 Å². The van der Waals surface area contributed by atoms with E-state index in [-0.39, 0.29) is 0 Å². The first kappa shape index (κ1) is 12.7. The number of alkyl halides is 1. The second-order valence-corrected chi connectivity index (χ2v) is 3.53. The standard InChI is InChI=1S/C8H14FNO4/c1-8(2,4-9)5(6(11)12)10-7(13)14-3/h5H,4H2,1-3H3,(H,10,13)(H,11,12). The van der Waals surface area contributed by atoms with Gasteiger partial charge in [-0.1, -0.05) is 13.8 Å². The smallest absolute Gasteiger partial charge is 0.407 e. The molecule has 5 nitrogen and oxygen atoms in total. The summed E-state index contributed by atoms with van der Waals surface area (Å²) in [6.07, 6.45) is -0.890. The van der Waals surface area contributed by atoms with Crippen molar-refractivity contribution >= 4 is 12.1 Å². The second kappa shape index (κ2) is 4.78. The average Bonchev–Trinajstić information content (AvgIpc) is 2.12. The Morgan fingerprint density at radius 2 is 2.07 bits per heavy atom. The van der Waals surface area contributed by atoms with Gasteiger partial charge in [0.25, 0.3) is 0 Å². The van der Waals surface area contributed by atoms with E-state index in [0.717, 1.165) is 7.11 Å². The van der Waals surface area contributed by atoms with Crippen molar-refractivity contribution in [2.75, 3.05) is 13.8 Å². The normalized spacial score (nSPS) is 13.1. The largest absolute Gasteiger partial charge is 0.480 e. The molecule has 1 unspecified atom stereocenters. The molecule has 82 valence electrons. The molecule has 1 atom stereocenters. The van der Waals surface area contributed by atoms with Gasteiger partial charge in [0, 0.05) is 5.41 Å². The van der Waals surface area contributed by atoms with Crippen molar-refractivity contribution in [1.82, 2.24) is 5.32 Å². The first-order chi connectivity index (χ1) is 6.35. The lowest BCUT2D eigenvalue weighted by molar-refractivity contribution is -0.142. The second-order valence-electron chi connectivity index (χ2n) is 3.53. The summed E-state index contributed by atoms with van der Waals surface area (Å²) >= 11 is 0. The topological polar surface area (TPSA) is 75.6 Å². The summed E-state index contributed by atoms with van der Waals surface area (Å²) in [5, 5.41) is 10.8. The maximum atomic E-state index is 12.5. The van der Waals surface area contributed by atoms with Crippen LogP contribution in [0.1, 0.15) is 13.8 Å². The third kappa shape index (κ3) is 3.20. The first-order valence-electron chi connectivity index (χ1n) is 3.98. The molecule has 2 N–H and O–H groups in total. The van der Waals surface area contributed by atoms with Gasteiger partial charge in [-0.2, -0.15) is 0 Å². The molecule has 0 aliphatic heterocycles. The van der Waals surface area contributed by atoms with Gasteiger partial charge in [0.1, 0.15) is 6.04 Å². The monoisotopic (exact) mass is 207 g/mol. The van der Waals surface area contributed by atoms with Gasteiger partial charge in [-0.15, -0.1) is 0 Å². The quantitative estimate of drug-likeness (QED) is 0.714. The summed E-state index contributed by atoms with van der Waals surface area (Å²) in [6, 6.07) is -1.31. The zero-order chi connectivity index (χ0) is 11.4. The highest BCUT2D eigenvalue weighted by atomic mass is 19.1. The molecule has 0 saturated carbocycles. The van der Waals surface area contributed by atoms with Gasteiger partial charge in [0.15, 0.2) is 0 Å². The number of aliphatic carboxylic acids is 1. The number of hydrogen-bond donors (Lipinski definition) is 2. The molecule has 0 bridgehead atoms. The SMILES string of the molecule is COC(=O)NC(C(=O)O)C(C)(C)CF. The number of halogens is 1. The number of alkyl carbamates (subject to hydrolysis) is 1. The van der Waals surface area contributed by atoms with Crippen LogP contribution in [-0.2, 0) is 9.53 Å². The van der Waals surface area contributed by atoms with Crippen LogP contribution in [0.2, 0.25) is 0 Å². The molecular formula is C8H14FNO4. The van der Waals surface area contributed by atoms with E-state index in [1.54, 1.807) is 0 Å². The van der Waals surface area contributed by atoms with Crippen LogP contribution < -0.4 is 5.32 Å². The number of amides is 1. The lowest BCUT2D eigenvalue weighted by atomic mass is 9.86. The number of methoxy groups -OCH3 is 1. The van der Waals surface area contributed by atoms with E-state index < -0.39 is 30.2 Å². The lowest BCUT2D eigenvalue weighted by Crippen LogP contribution is -2.51. The fourth-order valence-electron chi connectivity index (χ4n) is 0.845. The Balaban J connectivity index is 4.61. The van der Waals surface area contributed by atoms with Gasteiger partial charge in [0.05, 0.1) is 13.8 Å². The Hall–Kier alpha value is -1.33. The number of rotatable bonds is 4. The highest BCUT2D eigenvalue weighted by molar-refractivity contribution is 5.80. The Labute approximate surface area is 81.2 Å². The predicted molar refractivity (Wildman–Crippen MR) is 46.7 cm³/mol. The number of ether oxygens (including phenoxy) is 1. The van der Waals surface area contributed by atoms with Crippen LogP contribution in [-0.4, -0.2) is 37.0 Å². The number of carboxylic acid groups (broad SMARTS) is 1. The van der Waals surface area contributed by atoms with Crippen molar-refractivity contribution in [3.8, 4) is 0 Å². The summed E-state index contributed by atoms with van der Waals surface area (Å²) in [4.78, 5) is 21.5. The maximum Gasteiger partial charge on any atom is 0.407 e. The first-order valence-corrected chi connectivity index (χ1v) is 3.98. The van der Waals surface area contributed by atoms with Crippen molar-refractivity contribution in [3.05, 3.63) is 0 Å². The van der Waals surface area contributed by atoms with E-state index in [0.29, 0.717) is 0 Å². The van der Waals surface area contributed by atoms with Crippen molar-refractivity contribution in [2.24, 2.45) is 5.41 Å². The highest BCUT2D eigenvalue weighted by Gasteiger charge is 2.36. The molecule has 1 amide bonds. The van der Waals surface area contributed by atoms with Gasteiger partial charge in [-0.25, -0.2) is 9.59 Å². The lowest BCUT2D eigenvalue weighted by Gasteiger charge is -2.28. The summed E-state index contributed by atoms with van der Waals surface area (Å²) in [6.45, 7) is 1.96. The van der Waals surface area contributed by atoms with Crippen molar-refractivity contribution in [3.63, 3.8) is 0 Å². The molecule has 14 heavy (non-hydrogen) atoms. The van der Waals surface area contributed by atoms with Crippen LogP contribution in [0.15, 0.2) is 0 Å². The Morgan fingerprint density at radius 3 is 2.36 bits per heavy atom. The molecule has 0 aromatic carbocycles. The third-order valence-corrected chi connectivity index (χ3v) is 1.82. The van der Waals surface area contributed by atoms with E-state index in [1.807, 2.05) is 0 Å². The van der Waals surface area contributed by atoms with E-state index in [1.165, 1.54) is 13.8 Å². The molecule has 0 aliphatic rings. The molecule has 0 rings (SSSR count). The minimum atomic E-state index is -1.31. The van der Waals surface area contributed by atoms with Gasteiger partial charge < -0.3 is 15.2 Å². The average molecular weight is 207 g/mol. The molecule has 0 aliphatic carbocycles. The van der Waals surface area contributed by atoms with E-state index in [4.69, 9.17) is 5.11 Å². The van der Waals surface area contributed by atoms with Crippen LogP contribution in [0.5, 0.6) is 0 Å². The molecule has 0 radical (unpaired) electrons. The Morgan fingerprint density at radius 1 is 1.57 bits per heavy atom. The van der Waals surface area contributed by atoms with Gasteiger partial charge in [-0.3, -0.25) is 4.39 Å². The molecule has 0 heterocycles. The van der Waals surface area contributed by atoms with Crippen molar-refractivity contribution < 1.29 is 23.8 Å². The number of hydrogen-bond acceptors (Lipinski definition) is 3. The molecule has 6 heteroatoms. The van der Waals surface area contributed by atoms with Crippen molar-refractivity contribution in [2.45, 2.75) is 19.9 Å². The molecule has 0 saturated heterocycles. The fraction of sp³-hybridized carbons (Fsp3) is 0.750. The minimum absolute atomic E-state index is 0.853. The Bertz CT molecular complexity index is 229. The van der Waals surface area contributed by atoms with Crippen LogP contribution >= 0.6 is 0 Å². The summed E-state index contributed by atoms with van der Waals surface area (Å²) in [7, 11) is 1.11. The molecule has 0 fully saturated rings. The van der Waals surface area contributed by atoms with Crippen LogP contribution in [0.4, 0.5) is 9.18 Å². The minimum Gasteiger partial charge on any atom is -0.480 e. The zero-order valence-corrected chi connectivity index (χ0v) is 8.33. The summed E-state index contributed by atoms with van der Waals surface area (Å²) < 4.78 is 16.7. The number of carboxylic acids is 1. The highest BCUT2D eigenvalue weighted by Crippen LogP contribution is 2.21. The van der Waals surface area contributed by atoms with Crippen molar-refractivity contribution in [1.29, 1.82) is 0 Å². The zero-order valence-electron chi connectivity index (χ0n) is 8.33. The fourth-order valence-corrected chi connectivity index (χ4v) is 0.845. The number of nitrogens with one attached hydrogen (secondary N) is 1. The van der Waals surface area contributed by atoms with Gasteiger partial charge in [0.2, 0.25) is 0 Å². The third-order valence-electron chi connectivity index (χ3n) is 1.82. The van der Waals surface area contributed by atoms with Crippen LogP contribution in [0, 0.1) is 5.41 Å². The Kier molecular flexibility index (Phi) is 4.33. The number of carbonyl (C=O) groups is 2. The van der Waals surface area contributed by atoms with E-state index >= 15 is 0 Å². The molecular weight excluding hydrogens is 193 g/mol. The predicted octanol–water partition coefficient (Wildman–Crippen LogP) is 0.791. The maximum absolute atomic E-state index is 12.5. The van der Waals surface area contributed by atoms with Crippen LogP contribution in [0.25, 0.3) is 0 Å². The van der Waals surface area contributed by atoms with E-state index in [2.05, 4.69) is 10.1 Å². The molecule has 0 aromatic rings. The van der Waals surface area contributed by atoms with Crippen LogP contribution in [0.3, 0.4) is 0 Å².